The zero-order chi connectivity index (χ0) is 15.1. The number of rotatable bonds is 3. The number of aryl methyl sites for hydroxylation is 1. The lowest BCUT2D eigenvalue weighted by molar-refractivity contribution is -0.123. The first kappa shape index (κ1) is 13.5. The van der Waals surface area contributed by atoms with Gasteiger partial charge in [0, 0.05) is 35.9 Å². The number of aromatic nitrogens is 4. The number of H-pyrrole nitrogens is 1. The molecule has 0 saturated carbocycles. The molecule has 1 amide bonds. The monoisotopic (exact) mass is 316 g/mol. The fraction of sp³-hybridized carbons (Fsp3) is 0.357. The second kappa shape index (κ2) is 5.22. The summed E-state index contributed by atoms with van der Waals surface area (Å²) in [5.41, 5.74) is 3.85. The molecule has 8 heteroatoms. The highest BCUT2D eigenvalue weighted by molar-refractivity contribution is 7.15. The van der Waals surface area contributed by atoms with Crippen LogP contribution in [0.3, 0.4) is 0 Å². The van der Waals surface area contributed by atoms with E-state index in [0.717, 1.165) is 40.7 Å². The summed E-state index contributed by atoms with van der Waals surface area (Å²) in [6.45, 7) is 3.23. The van der Waals surface area contributed by atoms with E-state index in [9.17, 15) is 4.79 Å². The van der Waals surface area contributed by atoms with Gasteiger partial charge in [0.2, 0.25) is 5.91 Å². The summed E-state index contributed by atoms with van der Waals surface area (Å²) in [5.74, 6) is -0.0684. The molecule has 7 nitrogen and oxygen atoms in total. The smallest absolute Gasteiger partial charge is 0.243 e. The Bertz CT molecular complexity index is 831. The summed E-state index contributed by atoms with van der Waals surface area (Å²) in [6, 6.07) is -0.388. The minimum atomic E-state index is -0.388. The van der Waals surface area contributed by atoms with Crippen LogP contribution in [0.2, 0.25) is 0 Å². The van der Waals surface area contributed by atoms with Crippen molar-refractivity contribution >= 4 is 22.2 Å². The number of hydrogen-bond acceptors (Lipinski definition) is 5. The fourth-order valence-electron chi connectivity index (χ4n) is 2.74. The van der Waals surface area contributed by atoms with Gasteiger partial charge < -0.3 is 15.6 Å². The summed E-state index contributed by atoms with van der Waals surface area (Å²) >= 11 is 1.60. The number of nitrogens with one attached hydrogen (secondary N) is 3. The molecule has 3 aromatic rings. The van der Waals surface area contributed by atoms with E-state index in [1.54, 1.807) is 17.7 Å². The van der Waals surface area contributed by atoms with Crippen LogP contribution < -0.4 is 10.6 Å². The van der Waals surface area contributed by atoms with E-state index in [2.05, 4.69) is 31.0 Å². The van der Waals surface area contributed by atoms with Gasteiger partial charge in [0.25, 0.3) is 0 Å². The molecule has 1 aliphatic rings. The number of thiazole rings is 1. The van der Waals surface area contributed by atoms with Gasteiger partial charge in [-0.05, 0) is 6.92 Å². The number of amides is 1. The third-order valence-electron chi connectivity index (χ3n) is 3.89. The molecule has 4 heterocycles. The van der Waals surface area contributed by atoms with Crippen molar-refractivity contribution in [3.8, 4) is 0 Å². The molecule has 0 radical (unpaired) electrons. The van der Waals surface area contributed by atoms with E-state index < -0.39 is 0 Å². The number of nitrogens with zero attached hydrogens (tertiary/aromatic N) is 3. The van der Waals surface area contributed by atoms with Gasteiger partial charge in [-0.15, -0.1) is 11.3 Å². The van der Waals surface area contributed by atoms with Gasteiger partial charge in [0.05, 0.1) is 24.3 Å². The minimum absolute atomic E-state index is 0.0684. The Morgan fingerprint density at radius 2 is 2.50 bits per heavy atom. The molecule has 114 valence electrons. The predicted molar refractivity (Wildman–Crippen MR) is 82.7 cm³/mol. The van der Waals surface area contributed by atoms with E-state index >= 15 is 0 Å². The molecule has 22 heavy (non-hydrogen) atoms. The van der Waals surface area contributed by atoms with Gasteiger partial charge in [0.1, 0.15) is 6.04 Å². The molecule has 0 aromatic carbocycles. The van der Waals surface area contributed by atoms with Crippen LogP contribution in [0, 0.1) is 6.92 Å². The average molecular weight is 316 g/mol. The molecule has 4 rings (SSSR count). The molecule has 0 saturated heterocycles. The van der Waals surface area contributed by atoms with Crippen molar-refractivity contribution in [3.63, 3.8) is 0 Å². The predicted octanol–water partition coefficient (Wildman–Crippen LogP) is 0.931. The molecular weight excluding hydrogens is 300 g/mol. The number of fused-ring (bicyclic) bond motifs is 2. The van der Waals surface area contributed by atoms with Gasteiger partial charge in [-0.1, -0.05) is 0 Å². The van der Waals surface area contributed by atoms with E-state index in [4.69, 9.17) is 0 Å². The molecule has 0 aliphatic carbocycles. The third kappa shape index (κ3) is 2.20. The highest BCUT2D eigenvalue weighted by Gasteiger charge is 2.28. The third-order valence-corrected chi connectivity index (χ3v) is 4.85. The first-order valence-corrected chi connectivity index (χ1v) is 8.05. The van der Waals surface area contributed by atoms with Crippen LogP contribution >= 0.6 is 11.3 Å². The molecular formula is C14H16N6OS. The summed E-state index contributed by atoms with van der Waals surface area (Å²) in [4.78, 5) is 25.2. The largest absolute Gasteiger partial charge is 0.349 e. The highest BCUT2D eigenvalue weighted by atomic mass is 32.1. The Kier molecular flexibility index (Phi) is 3.20. The first-order chi connectivity index (χ1) is 10.7. The standard InChI is InChI=1S/C14H16N6OS/c1-8-6-22-14-19-9(5-20(8)14)4-16-13(21)12-11-10(2-3-15-12)17-7-18-11/h5-7,12,15H,2-4H2,1H3,(H,16,21)(H,17,18)/t12-/m0/s1. The molecule has 1 atom stereocenters. The van der Waals surface area contributed by atoms with Crippen molar-refractivity contribution < 1.29 is 4.79 Å². The quantitative estimate of drug-likeness (QED) is 0.671. The second-order valence-corrected chi connectivity index (χ2v) is 6.22. The van der Waals surface area contributed by atoms with Crippen LogP contribution in [0.1, 0.15) is 28.8 Å². The molecule has 0 fully saturated rings. The number of carbonyl (C=O) groups excluding carboxylic acids is 1. The minimum Gasteiger partial charge on any atom is -0.349 e. The van der Waals surface area contributed by atoms with Gasteiger partial charge in [0.15, 0.2) is 4.96 Å². The highest BCUT2D eigenvalue weighted by Crippen LogP contribution is 2.19. The molecule has 0 unspecified atom stereocenters. The zero-order valence-corrected chi connectivity index (χ0v) is 12.9. The summed E-state index contributed by atoms with van der Waals surface area (Å²) in [6.07, 6.45) is 4.48. The van der Waals surface area contributed by atoms with Crippen LogP contribution in [0.5, 0.6) is 0 Å². The van der Waals surface area contributed by atoms with Crippen LogP contribution in [0.4, 0.5) is 0 Å². The normalized spacial score (nSPS) is 17.6. The van der Waals surface area contributed by atoms with Gasteiger partial charge in [-0.2, -0.15) is 0 Å². The number of aromatic amines is 1. The lowest BCUT2D eigenvalue weighted by Crippen LogP contribution is -2.41. The lowest BCUT2D eigenvalue weighted by atomic mass is 10.1. The Hall–Kier alpha value is -2.19. The van der Waals surface area contributed by atoms with E-state index in [1.165, 1.54) is 0 Å². The van der Waals surface area contributed by atoms with Crippen LogP contribution in [0.15, 0.2) is 17.9 Å². The number of imidazole rings is 2. The van der Waals surface area contributed by atoms with Crippen molar-refractivity contribution in [1.29, 1.82) is 0 Å². The Labute approximate surface area is 130 Å². The Morgan fingerprint density at radius 1 is 1.59 bits per heavy atom. The number of carbonyl (C=O) groups is 1. The topological polar surface area (TPSA) is 87.1 Å². The maximum absolute atomic E-state index is 12.4. The van der Waals surface area contributed by atoms with Crippen molar-refractivity contribution in [2.75, 3.05) is 6.54 Å². The Balaban J connectivity index is 1.47. The summed E-state index contributed by atoms with van der Waals surface area (Å²) in [7, 11) is 0. The summed E-state index contributed by atoms with van der Waals surface area (Å²) in [5, 5.41) is 8.22. The number of hydrogen-bond donors (Lipinski definition) is 3. The van der Waals surface area contributed by atoms with Crippen LogP contribution in [-0.2, 0) is 17.8 Å². The van der Waals surface area contributed by atoms with Gasteiger partial charge >= 0.3 is 0 Å². The van der Waals surface area contributed by atoms with Crippen LogP contribution in [-0.4, -0.2) is 31.8 Å². The molecule has 1 aliphatic heterocycles. The SMILES string of the molecule is Cc1csc2nc(CNC(=O)[C@H]3NCCc4[nH]cnc43)cn12. The molecule has 3 N–H and O–H groups in total. The van der Waals surface area contributed by atoms with E-state index in [-0.39, 0.29) is 11.9 Å². The van der Waals surface area contributed by atoms with Crippen molar-refractivity contribution in [2.45, 2.75) is 25.9 Å². The maximum atomic E-state index is 12.4. The van der Waals surface area contributed by atoms with Crippen molar-refractivity contribution in [2.24, 2.45) is 0 Å². The molecule has 3 aromatic heterocycles. The molecule has 0 spiro atoms. The van der Waals surface area contributed by atoms with Crippen LogP contribution in [0.25, 0.3) is 4.96 Å². The van der Waals surface area contributed by atoms with E-state index in [0.29, 0.717) is 6.54 Å². The first-order valence-electron chi connectivity index (χ1n) is 7.17. The second-order valence-electron chi connectivity index (χ2n) is 5.38. The van der Waals surface area contributed by atoms with Crippen molar-refractivity contribution in [1.82, 2.24) is 30.0 Å². The lowest BCUT2D eigenvalue weighted by Gasteiger charge is -2.21. The van der Waals surface area contributed by atoms with Gasteiger partial charge in [-0.3, -0.25) is 9.20 Å². The molecule has 0 bridgehead atoms. The summed E-state index contributed by atoms with van der Waals surface area (Å²) < 4.78 is 2.04. The van der Waals surface area contributed by atoms with Crippen molar-refractivity contribution in [3.05, 3.63) is 40.7 Å². The average Bonchev–Trinajstić information content (AvgIpc) is 3.21. The van der Waals surface area contributed by atoms with E-state index in [1.807, 2.05) is 17.5 Å². The van der Waals surface area contributed by atoms with Gasteiger partial charge in [-0.25, -0.2) is 9.97 Å². The Morgan fingerprint density at radius 3 is 3.36 bits per heavy atom. The maximum Gasteiger partial charge on any atom is 0.243 e. The zero-order valence-electron chi connectivity index (χ0n) is 12.1. The fourth-order valence-corrected chi connectivity index (χ4v) is 3.61.